The van der Waals surface area contributed by atoms with Crippen LogP contribution in [0.2, 0.25) is 0 Å². The molecule has 0 saturated carbocycles. The van der Waals surface area contributed by atoms with Crippen molar-refractivity contribution in [3.8, 4) is 0 Å². The smallest absolute Gasteiger partial charge is 0.347 e. The lowest BCUT2D eigenvalue weighted by molar-refractivity contribution is -0.260. The second kappa shape index (κ2) is 6.52. The summed E-state index contributed by atoms with van der Waals surface area (Å²) in [4.78, 5) is 23.3. The number of hydroxylamine groups is 2. The van der Waals surface area contributed by atoms with E-state index >= 15 is 0 Å². The highest BCUT2D eigenvalue weighted by Gasteiger charge is 2.46. The van der Waals surface area contributed by atoms with Gasteiger partial charge in [0.25, 0.3) is 0 Å². The molecular weight excluding hydrogens is 290 g/mol. The van der Waals surface area contributed by atoms with E-state index < -0.39 is 35.2 Å². The summed E-state index contributed by atoms with van der Waals surface area (Å²) in [5.74, 6) is -1.52. The highest BCUT2D eigenvalue weighted by atomic mass is 16.6. The fourth-order valence-electron chi connectivity index (χ4n) is 2.84. The molecule has 22 heavy (non-hydrogen) atoms. The molecule has 7 nitrogen and oxygen atoms in total. The van der Waals surface area contributed by atoms with Crippen LogP contribution in [-0.2, 0) is 19.1 Å². The van der Waals surface area contributed by atoms with Gasteiger partial charge >= 0.3 is 11.9 Å². The summed E-state index contributed by atoms with van der Waals surface area (Å²) in [5.41, 5.74) is -1.07. The van der Waals surface area contributed by atoms with Crippen molar-refractivity contribution in [1.82, 2.24) is 5.06 Å². The number of piperidine rings is 1. The third-order valence-electron chi connectivity index (χ3n) is 3.85. The van der Waals surface area contributed by atoms with E-state index in [1.807, 2.05) is 27.7 Å². The number of aliphatic hydroxyl groups is 1. The molecule has 7 heteroatoms. The van der Waals surface area contributed by atoms with Gasteiger partial charge in [-0.2, -0.15) is 5.06 Å². The molecule has 1 saturated heterocycles. The average molecular weight is 317 g/mol. The number of carbonyl (C=O) groups is 2. The Morgan fingerprint density at radius 1 is 1.09 bits per heavy atom. The van der Waals surface area contributed by atoms with E-state index in [9.17, 15) is 14.8 Å². The molecule has 0 unspecified atom stereocenters. The number of nitrogens with zero attached hydrogens (tertiary/aromatic N) is 1. The van der Waals surface area contributed by atoms with Crippen LogP contribution in [0, 0.1) is 0 Å². The van der Waals surface area contributed by atoms with Crippen LogP contribution in [-0.4, -0.2) is 56.7 Å². The summed E-state index contributed by atoms with van der Waals surface area (Å²) in [7, 11) is 0. The molecule has 1 rings (SSSR count). The van der Waals surface area contributed by atoms with Gasteiger partial charge in [-0.25, -0.2) is 9.59 Å². The van der Waals surface area contributed by atoms with Gasteiger partial charge in [0, 0.05) is 23.9 Å². The largest absolute Gasteiger partial charge is 0.459 e. The normalized spacial score (nSPS) is 24.4. The minimum absolute atomic E-state index is 0.381. The van der Waals surface area contributed by atoms with Gasteiger partial charge in [0.05, 0.1) is 0 Å². The average Bonchev–Trinajstić information content (AvgIpc) is 2.34. The first-order valence-electron chi connectivity index (χ1n) is 7.45. The molecule has 0 aromatic heterocycles. The van der Waals surface area contributed by atoms with Gasteiger partial charge in [0.1, 0.15) is 12.2 Å². The SMILES string of the molecule is C[C@H](O)C(=O)O[C@@H](C)C(=O)OC1CC(C)(C)N(O)C(C)(C)C1. The van der Waals surface area contributed by atoms with E-state index in [0.29, 0.717) is 12.8 Å². The molecule has 1 heterocycles. The van der Waals surface area contributed by atoms with Crippen molar-refractivity contribution in [2.24, 2.45) is 0 Å². The number of carbonyl (C=O) groups excluding carboxylic acids is 2. The molecule has 1 fully saturated rings. The van der Waals surface area contributed by atoms with E-state index in [1.165, 1.54) is 18.9 Å². The molecule has 0 amide bonds. The molecule has 128 valence electrons. The van der Waals surface area contributed by atoms with Crippen LogP contribution in [0.5, 0.6) is 0 Å². The molecule has 0 bridgehead atoms. The van der Waals surface area contributed by atoms with Crippen molar-refractivity contribution in [2.75, 3.05) is 0 Å². The Bertz CT molecular complexity index is 414. The molecule has 1 aliphatic heterocycles. The Morgan fingerprint density at radius 3 is 1.95 bits per heavy atom. The lowest BCUT2D eigenvalue weighted by atomic mass is 9.80. The monoisotopic (exact) mass is 317 g/mol. The van der Waals surface area contributed by atoms with Crippen molar-refractivity contribution in [2.45, 2.75) is 83.8 Å². The van der Waals surface area contributed by atoms with Gasteiger partial charge in [0.15, 0.2) is 6.10 Å². The second-order valence-electron chi connectivity index (χ2n) is 7.16. The fraction of sp³-hybridized carbons (Fsp3) is 0.867. The predicted molar refractivity (Wildman–Crippen MR) is 78.1 cm³/mol. The topological polar surface area (TPSA) is 96.3 Å². The number of ether oxygens (including phenoxy) is 2. The number of hydrogen-bond donors (Lipinski definition) is 2. The van der Waals surface area contributed by atoms with Crippen LogP contribution in [0.3, 0.4) is 0 Å². The van der Waals surface area contributed by atoms with Gasteiger partial charge in [-0.15, -0.1) is 0 Å². The van der Waals surface area contributed by atoms with Gasteiger partial charge in [-0.3, -0.25) is 0 Å². The van der Waals surface area contributed by atoms with Crippen LogP contribution in [0.4, 0.5) is 0 Å². The zero-order valence-electron chi connectivity index (χ0n) is 14.1. The van der Waals surface area contributed by atoms with Crippen LogP contribution in [0.25, 0.3) is 0 Å². The summed E-state index contributed by atoms with van der Waals surface area (Å²) in [5, 5.41) is 20.6. The number of rotatable bonds is 4. The summed E-state index contributed by atoms with van der Waals surface area (Å²) in [6.07, 6.45) is -1.81. The zero-order valence-corrected chi connectivity index (χ0v) is 14.1. The van der Waals surface area contributed by atoms with E-state index in [0.717, 1.165) is 0 Å². The third-order valence-corrected chi connectivity index (χ3v) is 3.85. The van der Waals surface area contributed by atoms with E-state index in [4.69, 9.17) is 14.6 Å². The predicted octanol–water partition coefficient (Wildman–Crippen LogP) is 1.25. The summed E-state index contributed by atoms with van der Waals surface area (Å²) in [6, 6.07) is 0. The molecule has 1 aliphatic rings. The standard InChI is InChI=1S/C15H27NO6/c1-9(17)12(18)21-10(2)13(19)22-11-7-14(3,4)16(20)15(5,6)8-11/h9-11,17,20H,7-8H2,1-6H3/t9-,10-/m0/s1. The number of aliphatic hydroxyl groups excluding tert-OH is 1. The Balaban J connectivity index is 2.66. The van der Waals surface area contributed by atoms with Crippen molar-refractivity contribution in [3.05, 3.63) is 0 Å². The first-order valence-corrected chi connectivity index (χ1v) is 7.45. The quantitative estimate of drug-likeness (QED) is 0.753. The number of hydrogen-bond acceptors (Lipinski definition) is 7. The van der Waals surface area contributed by atoms with Crippen LogP contribution < -0.4 is 0 Å². The maximum Gasteiger partial charge on any atom is 0.347 e. The van der Waals surface area contributed by atoms with Gasteiger partial charge < -0.3 is 19.8 Å². The van der Waals surface area contributed by atoms with Gasteiger partial charge in [-0.1, -0.05) is 0 Å². The molecule has 0 aromatic rings. The Kier molecular flexibility index (Phi) is 5.59. The highest BCUT2D eigenvalue weighted by Crippen LogP contribution is 2.38. The third kappa shape index (κ3) is 4.41. The lowest BCUT2D eigenvalue weighted by Crippen LogP contribution is -2.60. The van der Waals surface area contributed by atoms with Crippen LogP contribution in [0.1, 0.15) is 54.4 Å². The molecule has 2 N–H and O–H groups in total. The van der Waals surface area contributed by atoms with Crippen molar-refractivity contribution < 1.29 is 29.4 Å². The molecule has 0 radical (unpaired) electrons. The van der Waals surface area contributed by atoms with Crippen molar-refractivity contribution in [1.29, 1.82) is 0 Å². The Hall–Kier alpha value is -1.18. The first kappa shape index (κ1) is 18.9. The van der Waals surface area contributed by atoms with Crippen LogP contribution >= 0.6 is 0 Å². The first-order chi connectivity index (χ1) is 9.86. The summed E-state index contributed by atoms with van der Waals surface area (Å²) >= 11 is 0. The Labute approximate surface area is 131 Å². The lowest BCUT2D eigenvalue weighted by Gasteiger charge is -2.50. The minimum atomic E-state index is -1.29. The van der Waals surface area contributed by atoms with E-state index in [1.54, 1.807) is 0 Å². The van der Waals surface area contributed by atoms with E-state index in [2.05, 4.69) is 0 Å². The number of esters is 2. The van der Waals surface area contributed by atoms with Crippen molar-refractivity contribution >= 4 is 11.9 Å². The zero-order chi connectivity index (χ0) is 17.3. The van der Waals surface area contributed by atoms with Gasteiger partial charge in [0.2, 0.25) is 0 Å². The minimum Gasteiger partial charge on any atom is -0.459 e. The van der Waals surface area contributed by atoms with Crippen molar-refractivity contribution in [3.63, 3.8) is 0 Å². The Morgan fingerprint density at radius 2 is 1.55 bits per heavy atom. The molecular formula is C15H27NO6. The van der Waals surface area contributed by atoms with Gasteiger partial charge in [-0.05, 0) is 41.5 Å². The van der Waals surface area contributed by atoms with Crippen LogP contribution in [0.15, 0.2) is 0 Å². The summed E-state index contributed by atoms with van der Waals surface area (Å²) in [6.45, 7) is 10.1. The maximum atomic E-state index is 12.0. The summed E-state index contributed by atoms with van der Waals surface area (Å²) < 4.78 is 10.2. The second-order valence-corrected chi connectivity index (χ2v) is 7.16. The highest BCUT2D eigenvalue weighted by molar-refractivity contribution is 5.80. The maximum absolute atomic E-state index is 12.0. The molecule has 0 spiro atoms. The fourth-order valence-corrected chi connectivity index (χ4v) is 2.84. The van der Waals surface area contributed by atoms with E-state index in [-0.39, 0.29) is 6.10 Å². The molecule has 0 aliphatic carbocycles. The molecule has 0 aromatic carbocycles. The molecule has 2 atom stereocenters.